The molecule has 2 heterocycles. The lowest BCUT2D eigenvalue weighted by molar-refractivity contribution is -0.125. The molecule has 2 aromatic rings. The van der Waals surface area contributed by atoms with Crippen molar-refractivity contribution < 1.29 is 14.4 Å². The van der Waals surface area contributed by atoms with Crippen LogP contribution < -0.4 is 10.6 Å². The maximum atomic E-state index is 13.0. The highest BCUT2D eigenvalue weighted by Gasteiger charge is 2.50. The van der Waals surface area contributed by atoms with Crippen LogP contribution in [0.2, 0.25) is 0 Å². The normalized spacial score (nSPS) is 21.6. The van der Waals surface area contributed by atoms with Gasteiger partial charge in [-0.3, -0.25) is 14.9 Å². The van der Waals surface area contributed by atoms with Gasteiger partial charge in [-0.15, -0.1) is 0 Å². The van der Waals surface area contributed by atoms with E-state index >= 15 is 0 Å². The minimum atomic E-state index is -1.10. The number of carbonyl (C=O) groups is 3. The van der Waals surface area contributed by atoms with Crippen LogP contribution in [0.25, 0.3) is 0 Å². The molecule has 2 aliphatic rings. The molecule has 2 aliphatic heterocycles. The van der Waals surface area contributed by atoms with Gasteiger partial charge in [-0.2, -0.15) is 0 Å². The lowest BCUT2D eigenvalue weighted by atomic mass is 9.79. The summed E-state index contributed by atoms with van der Waals surface area (Å²) in [6.07, 6.45) is 3.06. The van der Waals surface area contributed by atoms with Crippen LogP contribution in [-0.2, 0) is 16.8 Å². The van der Waals surface area contributed by atoms with Crippen LogP contribution in [0.4, 0.5) is 4.79 Å². The number of piperidine rings is 1. The fraction of sp³-hybridized carbons (Fsp3) is 0.423. The Hall–Kier alpha value is -3.15. The molecule has 6 nitrogen and oxygen atoms in total. The van der Waals surface area contributed by atoms with Gasteiger partial charge >= 0.3 is 6.03 Å². The molecule has 0 saturated carbocycles. The Morgan fingerprint density at radius 3 is 2.19 bits per heavy atom. The summed E-state index contributed by atoms with van der Waals surface area (Å²) < 4.78 is 0. The summed E-state index contributed by atoms with van der Waals surface area (Å²) in [5.74, 6) is 0.124. The zero-order valence-corrected chi connectivity index (χ0v) is 19.0. The summed E-state index contributed by atoms with van der Waals surface area (Å²) in [6.45, 7) is 7.40. The highest BCUT2D eigenvalue weighted by molar-refractivity contribution is 6.07. The van der Waals surface area contributed by atoms with Crippen molar-refractivity contribution in [3.63, 3.8) is 0 Å². The minimum absolute atomic E-state index is 0.0174. The lowest BCUT2D eigenvalue weighted by Crippen LogP contribution is -2.48. The van der Waals surface area contributed by atoms with Gasteiger partial charge in [-0.25, -0.2) is 4.79 Å². The zero-order chi connectivity index (χ0) is 22.9. The van der Waals surface area contributed by atoms with Crippen LogP contribution in [0, 0.1) is 18.8 Å². The Labute approximate surface area is 189 Å². The highest BCUT2D eigenvalue weighted by atomic mass is 16.2. The van der Waals surface area contributed by atoms with Crippen LogP contribution in [0.5, 0.6) is 0 Å². The van der Waals surface area contributed by atoms with Gasteiger partial charge in [-0.05, 0) is 61.3 Å². The van der Waals surface area contributed by atoms with Gasteiger partial charge in [0.25, 0.3) is 11.8 Å². The summed E-state index contributed by atoms with van der Waals surface area (Å²) >= 11 is 0. The van der Waals surface area contributed by atoms with E-state index in [0.717, 1.165) is 32.4 Å². The van der Waals surface area contributed by atoms with Crippen LogP contribution >= 0.6 is 0 Å². The third-order valence-electron chi connectivity index (χ3n) is 6.90. The first-order valence-corrected chi connectivity index (χ1v) is 11.4. The molecule has 32 heavy (non-hydrogen) atoms. The van der Waals surface area contributed by atoms with Crippen LogP contribution in [0.3, 0.4) is 0 Å². The first-order chi connectivity index (χ1) is 15.3. The van der Waals surface area contributed by atoms with E-state index in [2.05, 4.69) is 41.8 Å². The summed E-state index contributed by atoms with van der Waals surface area (Å²) in [6, 6.07) is 15.3. The molecule has 0 bridgehead atoms. The molecule has 168 valence electrons. The molecule has 1 atom stereocenters. The average Bonchev–Trinajstić information content (AvgIpc) is 3.10. The van der Waals surface area contributed by atoms with Crippen molar-refractivity contribution >= 4 is 17.8 Å². The number of nitrogens with zero attached hydrogens (tertiary/aromatic N) is 1. The van der Waals surface area contributed by atoms with Crippen molar-refractivity contribution in [3.05, 3.63) is 70.8 Å². The van der Waals surface area contributed by atoms with E-state index < -0.39 is 11.6 Å². The van der Waals surface area contributed by atoms with Crippen molar-refractivity contribution in [2.24, 2.45) is 11.8 Å². The molecular formula is C26H31N3O3. The topological polar surface area (TPSA) is 78.5 Å². The predicted octanol–water partition coefficient (Wildman–Crippen LogP) is 3.78. The number of carbonyl (C=O) groups excluding carboxylic acids is 3. The van der Waals surface area contributed by atoms with Crippen molar-refractivity contribution in [1.29, 1.82) is 0 Å². The van der Waals surface area contributed by atoms with Gasteiger partial charge in [0.15, 0.2) is 0 Å². The predicted molar refractivity (Wildman–Crippen MR) is 123 cm³/mol. The van der Waals surface area contributed by atoms with Crippen LogP contribution in [0.15, 0.2) is 48.5 Å². The number of aryl methyl sites for hydroxylation is 1. The molecule has 0 unspecified atom stereocenters. The fourth-order valence-electron chi connectivity index (χ4n) is 4.87. The molecule has 0 spiro atoms. The number of nitrogens with one attached hydrogen (secondary N) is 2. The summed E-state index contributed by atoms with van der Waals surface area (Å²) in [7, 11) is 0. The second kappa shape index (κ2) is 8.77. The third kappa shape index (κ3) is 4.14. The van der Waals surface area contributed by atoms with Crippen molar-refractivity contribution in [3.8, 4) is 0 Å². The van der Waals surface area contributed by atoms with Crippen LogP contribution in [0.1, 0.15) is 53.7 Å². The van der Waals surface area contributed by atoms with E-state index in [9.17, 15) is 14.4 Å². The number of hydrogen-bond donors (Lipinski definition) is 2. The first-order valence-electron chi connectivity index (χ1n) is 11.4. The lowest BCUT2D eigenvalue weighted by Gasteiger charge is -2.33. The third-order valence-corrected chi connectivity index (χ3v) is 6.90. The van der Waals surface area contributed by atoms with E-state index in [1.165, 1.54) is 11.1 Å². The standard InChI is InChI=1S/C26H31N3O3/c1-17(2)26(24(31)27-25(32)28-26)22-10-8-21(9-11-22)23(30)29-14-12-20(13-15-29)16-19-6-4-18(3)5-7-19/h4-11,17,20H,12-16H2,1-3H3,(H2,27,28,31,32)/t26-/m1/s1. The van der Waals surface area contributed by atoms with Crippen molar-refractivity contribution in [2.45, 2.75) is 45.6 Å². The van der Waals surface area contributed by atoms with E-state index in [1.807, 2.05) is 18.7 Å². The largest absolute Gasteiger partial charge is 0.339 e. The number of imide groups is 1. The Balaban J connectivity index is 1.40. The van der Waals surface area contributed by atoms with Gasteiger partial charge in [-0.1, -0.05) is 55.8 Å². The van der Waals surface area contributed by atoms with E-state index in [-0.39, 0.29) is 17.7 Å². The monoisotopic (exact) mass is 433 g/mol. The van der Waals surface area contributed by atoms with Gasteiger partial charge in [0.1, 0.15) is 5.54 Å². The molecule has 2 fully saturated rings. The SMILES string of the molecule is Cc1ccc(CC2CCN(C(=O)c3ccc([C@@]4(C(C)C)NC(=O)NC4=O)cc3)CC2)cc1. The Bertz CT molecular complexity index is 1010. The van der Waals surface area contributed by atoms with E-state index in [4.69, 9.17) is 0 Å². The molecule has 0 radical (unpaired) electrons. The average molecular weight is 434 g/mol. The second-order valence-corrected chi connectivity index (χ2v) is 9.37. The summed E-state index contributed by atoms with van der Waals surface area (Å²) in [4.78, 5) is 39.3. The van der Waals surface area contributed by atoms with Crippen molar-refractivity contribution in [2.75, 3.05) is 13.1 Å². The molecule has 2 aromatic carbocycles. The minimum Gasteiger partial charge on any atom is -0.339 e. The number of hydrogen-bond acceptors (Lipinski definition) is 3. The van der Waals surface area contributed by atoms with Crippen molar-refractivity contribution in [1.82, 2.24) is 15.5 Å². The highest BCUT2D eigenvalue weighted by Crippen LogP contribution is 2.33. The van der Waals surface area contributed by atoms with E-state index in [1.54, 1.807) is 24.3 Å². The molecule has 2 saturated heterocycles. The smallest absolute Gasteiger partial charge is 0.322 e. The Morgan fingerprint density at radius 2 is 1.66 bits per heavy atom. The number of urea groups is 1. The van der Waals surface area contributed by atoms with Gasteiger partial charge in [0.2, 0.25) is 0 Å². The maximum Gasteiger partial charge on any atom is 0.322 e. The maximum absolute atomic E-state index is 13.0. The molecule has 6 heteroatoms. The first kappa shape index (κ1) is 22.1. The van der Waals surface area contributed by atoms with E-state index in [0.29, 0.717) is 17.0 Å². The number of amides is 4. The summed E-state index contributed by atoms with van der Waals surface area (Å²) in [5.41, 5.74) is 2.82. The van der Waals surface area contributed by atoms with Crippen LogP contribution in [-0.4, -0.2) is 35.8 Å². The van der Waals surface area contributed by atoms with Gasteiger partial charge in [0, 0.05) is 18.7 Å². The number of rotatable bonds is 5. The molecule has 0 aliphatic carbocycles. The van der Waals surface area contributed by atoms with Gasteiger partial charge < -0.3 is 10.2 Å². The summed E-state index contributed by atoms with van der Waals surface area (Å²) in [5, 5.41) is 5.11. The fourth-order valence-corrected chi connectivity index (χ4v) is 4.87. The molecule has 0 aromatic heterocycles. The molecule has 2 N–H and O–H groups in total. The number of benzene rings is 2. The molecule has 4 amide bonds. The second-order valence-electron chi connectivity index (χ2n) is 9.37. The molecular weight excluding hydrogens is 402 g/mol. The quantitative estimate of drug-likeness (QED) is 0.705. The Morgan fingerprint density at radius 1 is 1.03 bits per heavy atom. The zero-order valence-electron chi connectivity index (χ0n) is 19.0. The Kier molecular flexibility index (Phi) is 6.04. The number of likely N-dealkylation sites (tertiary alicyclic amines) is 1. The molecule has 4 rings (SSSR count). The van der Waals surface area contributed by atoms with Gasteiger partial charge in [0.05, 0.1) is 0 Å².